The van der Waals surface area contributed by atoms with Crippen molar-refractivity contribution >= 4 is 29.2 Å². The van der Waals surface area contributed by atoms with E-state index < -0.39 is 36.6 Å². The van der Waals surface area contributed by atoms with Crippen molar-refractivity contribution in [2.45, 2.75) is 37.2 Å². The Bertz CT molecular complexity index is 995. The Morgan fingerprint density at radius 2 is 2.15 bits per heavy atom. The number of hydrogen-bond acceptors (Lipinski definition) is 9. The van der Waals surface area contributed by atoms with Gasteiger partial charge in [-0.1, -0.05) is 0 Å². The number of hydrogen-bond donors (Lipinski definition) is 3. The largest absolute Gasteiger partial charge is 0.475 e. The smallest absolute Gasteiger partial charge is 0.405 e. The lowest BCUT2D eigenvalue weighted by Crippen LogP contribution is -2.49. The lowest BCUT2D eigenvalue weighted by molar-refractivity contribution is -0.122. The molecular formula is C20H24F3N7O4. The van der Waals surface area contributed by atoms with Crippen molar-refractivity contribution in [2.75, 3.05) is 38.2 Å². The molecule has 0 radical (unpaired) electrons. The number of hydrazone groups is 1. The maximum Gasteiger partial charge on any atom is 0.405 e. The highest BCUT2D eigenvalue weighted by molar-refractivity contribution is 6.41. The number of ether oxygens (including phenoxy) is 2. The molecule has 0 saturated carbocycles. The summed E-state index contributed by atoms with van der Waals surface area (Å²) in [6.45, 7) is 0.142. The van der Waals surface area contributed by atoms with Crippen LogP contribution in [0.5, 0.6) is 0 Å². The zero-order valence-electron chi connectivity index (χ0n) is 18.0. The van der Waals surface area contributed by atoms with Crippen molar-refractivity contribution in [3.63, 3.8) is 0 Å². The van der Waals surface area contributed by atoms with Crippen LogP contribution in [-0.4, -0.2) is 90.6 Å². The van der Waals surface area contributed by atoms with Gasteiger partial charge in [0.1, 0.15) is 24.7 Å². The first-order valence-corrected chi connectivity index (χ1v) is 10.7. The van der Waals surface area contributed by atoms with Gasteiger partial charge >= 0.3 is 6.18 Å². The predicted molar refractivity (Wildman–Crippen MR) is 114 cm³/mol. The molecule has 4 N–H and O–H groups in total. The minimum absolute atomic E-state index is 0.00590. The van der Waals surface area contributed by atoms with Gasteiger partial charge in [-0.2, -0.15) is 18.3 Å². The van der Waals surface area contributed by atoms with Crippen molar-refractivity contribution in [1.29, 1.82) is 0 Å². The second-order valence-corrected chi connectivity index (χ2v) is 8.08. The van der Waals surface area contributed by atoms with E-state index in [4.69, 9.17) is 15.2 Å². The van der Waals surface area contributed by atoms with Crippen molar-refractivity contribution in [1.82, 2.24) is 15.3 Å². The quantitative estimate of drug-likeness (QED) is 0.473. The third kappa shape index (κ3) is 5.92. The molecule has 4 rings (SSSR count). The molecule has 0 aromatic carbocycles. The number of aliphatic imine (C=N–C) groups is 1. The molecular weight excluding hydrogens is 459 g/mol. The van der Waals surface area contributed by atoms with Gasteiger partial charge in [-0.3, -0.25) is 14.6 Å². The molecule has 1 fully saturated rings. The SMILES string of the molecule is NC(=O)C1=NN(CC2CCCO2)CC1NC(=O)C1COC(c2ccnc(NCC(F)(F)F)c2)=N1. The van der Waals surface area contributed by atoms with Gasteiger partial charge in [0.15, 0.2) is 6.04 Å². The molecule has 14 heteroatoms. The lowest BCUT2D eigenvalue weighted by atomic mass is 10.1. The van der Waals surface area contributed by atoms with E-state index in [1.54, 1.807) is 5.01 Å². The Balaban J connectivity index is 1.37. The molecule has 0 aliphatic carbocycles. The number of rotatable bonds is 8. The number of carbonyl (C=O) groups excluding carboxylic acids is 2. The number of alkyl halides is 3. The van der Waals surface area contributed by atoms with Crippen LogP contribution in [0.2, 0.25) is 0 Å². The second-order valence-electron chi connectivity index (χ2n) is 8.08. The van der Waals surface area contributed by atoms with E-state index >= 15 is 0 Å². The fourth-order valence-electron chi connectivity index (χ4n) is 3.82. The topological polar surface area (TPSA) is 144 Å². The van der Waals surface area contributed by atoms with Crippen LogP contribution in [0.15, 0.2) is 28.4 Å². The monoisotopic (exact) mass is 483 g/mol. The first-order valence-electron chi connectivity index (χ1n) is 10.7. The van der Waals surface area contributed by atoms with Crippen LogP contribution < -0.4 is 16.4 Å². The molecule has 3 atom stereocenters. The van der Waals surface area contributed by atoms with Crippen LogP contribution in [0, 0.1) is 0 Å². The number of pyridine rings is 1. The molecule has 2 amide bonds. The number of nitrogens with one attached hydrogen (secondary N) is 2. The Kier molecular flexibility index (Phi) is 6.86. The van der Waals surface area contributed by atoms with E-state index in [0.717, 1.165) is 12.8 Å². The van der Waals surface area contributed by atoms with Gasteiger partial charge in [0.2, 0.25) is 11.8 Å². The molecule has 0 bridgehead atoms. The average molecular weight is 483 g/mol. The molecule has 4 heterocycles. The zero-order valence-corrected chi connectivity index (χ0v) is 18.0. The summed E-state index contributed by atoms with van der Waals surface area (Å²) in [5, 5.41) is 10.8. The van der Waals surface area contributed by atoms with Crippen molar-refractivity contribution in [2.24, 2.45) is 15.8 Å². The predicted octanol–water partition coefficient (Wildman–Crippen LogP) is 0.0219. The standard InChI is InChI=1S/C20H24F3N7O4/c21-20(22,23)10-26-15-6-11(3-4-25-15)19-28-14(9-34-19)18(32)27-13-8-30(29-16(13)17(24)31)7-12-2-1-5-33-12/h3-4,6,12-14H,1-2,5,7-10H2,(H2,24,31)(H,25,26)(H,27,32). The number of primary amides is 1. The summed E-state index contributed by atoms with van der Waals surface area (Å²) in [4.78, 5) is 32.7. The van der Waals surface area contributed by atoms with Crippen molar-refractivity contribution in [3.05, 3.63) is 23.9 Å². The summed E-state index contributed by atoms with van der Waals surface area (Å²) in [6.07, 6.45) is -1.21. The van der Waals surface area contributed by atoms with E-state index in [9.17, 15) is 22.8 Å². The van der Waals surface area contributed by atoms with E-state index in [1.807, 2.05) is 0 Å². The van der Waals surface area contributed by atoms with Crippen LogP contribution in [0.3, 0.4) is 0 Å². The molecule has 0 spiro atoms. The molecule has 1 saturated heterocycles. The third-order valence-corrected chi connectivity index (χ3v) is 5.41. The number of amides is 2. The van der Waals surface area contributed by atoms with E-state index in [2.05, 4.69) is 25.7 Å². The summed E-state index contributed by atoms with van der Waals surface area (Å²) in [7, 11) is 0. The first kappa shape index (κ1) is 23.7. The van der Waals surface area contributed by atoms with Crippen LogP contribution >= 0.6 is 0 Å². The summed E-state index contributed by atoms with van der Waals surface area (Å²) >= 11 is 0. The lowest BCUT2D eigenvalue weighted by Gasteiger charge is -2.20. The van der Waals surface area contributed by atoms with Gasteiger partial charge in [0.05, 0.1) is 25.2 Å². The molecule has 34 heavy (non-hydrogen) atoms. The minimum atomic E-state index is -4.39. The number of anilines is 1. The Morgan fingerprint density at radius 1 is 1.32 bits per heavy atom. The van der Waals surface area contributed by atoms with Gasteiger partial charge in [-0.15, -0.1) is 0 Å². The fourth-order valence-corrected chi connectivity index (χ4v) is 3.82. The van der Waals surface area contributed by atoms with Crippen LogP contribution in [0.1, 0.15) is 18.4 Å². The Labute approximate surface area is 192 Å². The van der Waals surface area contributed by atoms with Gasteiger partial charge < -0.3 is 25.8 Å². The van der Waals surface area contributed by atoms with Gasteiger partial charge in [0, 0.05) is 18.4 Å². The van der Waals surface area contributed by atoms with Gasteiger partial charge in [-0.25, -0.2) is 9.98 Å². The van der Waals surface area contributed by atoms with Crippen molar-refractivity contribution in [3.8, 4) is 0 Å². The molecule has 1 aromatic rings. The van der Waals surface area contributed by atoms with Crippen LogP contribution in [0.25, 0.3) is 0 Å². The number of halogens is 3. The summed E-state index contributed by atoms with van der Waals surface area (Å²) < 4.78 is 48.3. The molecule has 11 nitrogen and oxygen atoms in total. The van der Waals surface area contributed by atoms with E-state index in [-0.39, 0.29) is 36.7 Å². The zero-order chi connectivity index (χ0) is 24.3. The average Bonchev–Trinajstić information content (AvgIpc) is 3.53. The summed E-state index contributed by atoms with van der Waals surface area (Å²) in [5.74, 6) is -1.12. The summed E-state index contributed by atoms with van der Waals surface area (Å²) in [6, 6.07) is 1.25. The molecule has 184 valence electrons. The highest BCUT2D eigenvalue weighted by Crippen LogP contribution is 2.19. The number of nitrogens with zero attached hydrogens (tertiary/aromatic N) is 4. The maximum atomic E-state index is 12.8. The third-order valence-electron chi connectivity index (χ3n) is 5.41. The number of carbonyl (C=O) groups is 2. The fraction of sp³-hybridized carbons (Fsp3) is 0.550. The van der Waals surface area contributed by atoms with Gasteiger partial charge in [-0.05, 0) is 25.0 Å². The first-order chi connectivity index (χ1) is 16.2. The van der Waals surface area contributed by atoms with Crippen LogP contribution in [-0.2, 0) is 19.1 Å². The second kappa shape index (κ2) is 9.83. The van der Waals surface area contributed by atoms with E-state index in [0.29, 0.717) is 18.7 Å². The number of aromatic nitrogens is 1. The molecule has 3 aliphatic heterocycles. The minimum Gasteiger partial charge on any atom is -0.475 e. The highest BCUT2D eigenvalue weighted by Gasteiger charge is 2.36. The molecule has 1 aromatic heterocycles. The Morgan fingerprint density at radius 3 is 2.85 bits per heavy atom. The van der Waals surface area contributed by atoms with Gasteiger partial charge in [0.25, 0.3) is 5.91 Å². The van der Waals surface area contributed by atoms with E-state index in [1.165, 1.54) is 18.3 Å². The molecule has 3 unspecified atom stereocenters. The van der Waals surface area contributed by atoms with Crippen molar-refractivity contribution < 1.29 is 32.2 Å². The highest BCUT2D eigenvalue weighted by atomic mass is 19.4. The normalized spacial score (nSPS) is 24.4. The molecule has 3 aliphatic rings. The van der Waals surface area contributed by atoms with Crippen LogP contribution in [0.4, 0.5) is 19.0 Å². The maximum absolute atomic E-state index is 12.8. The Hall–Kier alpha value is -3.42. The summed E-state index contributed by atoms with van der Waals surface area (Å²) in [5.41, 5.74) is 5.86. The number of nitrogens with two attached hydrogens (primary N) is 1.